The monoisotopic (exact) mass is 344 g/mol. The SMILES string of the molecule is CCOc1cccc(C(=O)NNC(=O)COc2ccccc2OC)c1. The summed E-state index contributed by atoms with van der Waals surface area (Å²) in [5, 5.41) is 0. The quantitative estimate of drug-likeness (QED) is 0.750. The molecule has 0 aromatic heterocycles. The number of benzene rings is 2. The molecule has 25 heavy (non-hydrogen) atoms. The van der Waals surface area contributed by atoms with Gasteiger partial charge in [0, 0.05) is 5.56 Å². The van der Waals surface area contributed by atoms with E-state index in [-0.39, 0.29) is 6.61 Å². The van der Waals surface area contributed by atoms with E-state index in [0.717, 1.165) is 0 Å². The summed E-state index contributed by atoms with van der Waals surface area (Å²) < 4.78 is 15.8. The molecule has 132 valence electrons. The molecule has 0 aliphatic rings. The van der Waals surface area contributed by atoms with Crippen LogP contribution in [0.2, 0.25) is 0 Å². The maximum absolute atomic E-state index is 12.0. The van der Waals surface area contributed by atoms with Gasteiger partial charge in [0.25, 0.3) is 11.8 Å². The molecule has 0 fully saturated rings. The number of para-hydroxylation sites is 2. The van der Waals surface area contributed by atoms with Crippen LogP contribution in [0, 0.1) is 0 Å². The molecule has 2 aromatic rings. The highest BCUT2D eigenvalue weighted by atomic mass is 16.5. The van der Waals surface area contributed by atoms with Crippen LogP contribution in [0.5, 0.6) is 17.2 Å². The maximum Gasteiger partial charge on any atom is 0.276 e. The van der Waals surface area contributed by atoms with Gasteiger partial charge < -0.3 is 14.2 Å². The van der Waals surface area contributed by atoms with Gasteiger partial charge in [-0.05, 0) is 37.3 Å². The molecule has 0 aliphatic heterocycles. The second-order valence-electron chi connectivity index (χ2n) is 4.90. The second kappa shape index (κ2) is 9.17. The van der Waals surface area contributed by atoms with Crippen LogP contribution in [0.15, 0.2) is 48.5 Å². The standard InChI is InChI=1S/C18H20N2O5/c1-3-24-14-8-6-7-13(11-14)18(22)20-19-17(21)12-25-16-10-5-4-9-15(16)23-2/h4-11H,3,12H2,1-2H3,(H,19,21)(H,20,22). The number of carbonyl (C=O) groups is 2. The van der Waals surface area contributed by atoms with Gasteiger partial charge in [0.05, 0.1) is 13.7 Å². The van der Waals surface area contributed by atoms with Gasteiger partial charge >= 0.3 is 0 Å². The molecular weight excluding hydrogens is 324 g/mol. The van der Waals surface area contributed by atoms with E-state index in [1.54, 1.807) is 48.5 Å². The van der Waals surface area contributed by atoms with Crippen molar-refractivity contribution in [3.8, 4) is 17.2 Å². The highest BCUT2D eigenvalue weighted by Crippen LogP contribution is 2.25. The van der Waals surface area contributed by atoms with Gasteiger partial charge in [-0.1, -0.05) is 18.2 Å². The highest BCUT2D eigenvalue weighted by molar-refractivity contribution is 5.95. The van der Waals surface area contributed by atoms with Gasteiger partial charge in [0.2, 0.25) is 0 Å². The Balaban J connectivity index is 1.83. The smallest absolute Gasteiger partial charge is 0.276 e. The Kier molecular flexibility index (Phi) is 6.65. The van der Waals surface area contributed by atoms with Gasteiger partial charge in [-0.15, -0.1) is 0 Å². The fourth-order valence-electron chi connectivity index (χ4n) is 2.01. The average Bonchev–Trinajstić information content (AvgIpc) is 2.65. The number of hydrazine groups is 1. The van der Waals surface area contributed by atoms with Crippen molar-refractivity contribution in [3.05, 3.63) is 54.1 Å². The number of rotatable bonds is 7. The number of methoxy groups -OCH3 is 1. The summed E-state index contributed by atoms with van der Waals surface area (Å²) in [5.74, 6) is 0.594. The zero-order valence-corrected chi connectivity index (χ0v) is 14.1. The third-order valence-corrected chi connectivity index (χ3v) is 3.15. The van der Waals surface area contributed by atoms with E-state index in [1.165, 1.54) is 7.11 Å². The molecule has 2 amide bonds. The van der Waals surface area contributed by atoms with Crippen molar-refractivity contribution >= 4 is 11.8 Å². The van der Waals surface area contributed by atoms with Crippen LogP contribution >= 0.6 is 0 Å². The first-order valence-corrected chi connectivity index (χ1v) is 7.72. The topological polar surface area (TPSA) is 85.9 Å². The van der Waals surface area contributed by atoms with Crippen molar-refractivity contribution in [2.45, 2.75) is 6.92 Å². The lowest BCUT2D eigenvalue weighted by Gasteiger charge is -2.11. The Morgan fingerprint density at radius 1 is 0.960 bits per heavy atom. The summed E-state index contributed by atoms with van der Waals surface area (Å²) in [7, 11) is 1.51. The van der Waals surface area contributed by atoms with E-state index in [9.17, 15) is 9.59 Å². The Labute approximate surface area is 145 Å². The molecule has 7 nitrogen and oxygen atoms in total. The molecule has 0 saturated heterocycles. The lowest BCUT2D eigenvalue weighted by atomic mass is 10.2. The average molecular weight is 344 g/mol. The van der Waals surface area contributed by atoms with Crippen molar-refractivity contribution in [2.75, 3.05) is 20.3 Å². The number of hydrogen-bond donors (Lipinski definition) is 2. The van der Waals surface area contributed by atoms with Crippen molar-refractivity contribution in [2.24, 2.45) is 0 Å². The van der Waals surface area contributed by atoms with Gasteiger partial charge in [0.1, 0.15) is 5.75 Å². The molecule has 0 saturated carbocycles. The van der Waals surface area contributed by atoms with Gasteiger partial charge in [-0.3, -0.25) is 20.4 Å². The van der Waals surface area contributed by atoms with Crippen LogP contribution in [0.4, 0.5) is 0 Å². The lowest BCUT2D eigenvalue weighted by molar-refractivity contribution is -0.123. The molecule has 0 aliphatic carbocycles. The number of carbonyl (C=O) groups excluding carboxylic acids is 2. The van der Waals surface area contributed by atoms with Crippen LogP contribution in [-0.4, -0.2) is 32.1 Å². The van der Waals surface area contributed by atoms with E-state index >= 15 is 0 Å². The van der Waals surface area contributed by atoms with E-state index in [0.29, 0.717) is 29.4 Å². The minimum atomic E-state index is -0.500. The fourth-order valence-corrected chi connectivity index (χ4v) is 2.01. The lowest BCUT2D eigenvalue weighted by Crippen LogP contribution is -2.43. The largest absolute Gasteiger partial charge is 0.494 e. The summed E-state index contributed by atoms with van der Waals surface area (Å²) in [6, 6.07) is 13.6. The zero-order chi connectivity index (χ0) is 18.1. The third-order valence-electron chi connectivity index (χ3n) is 3.15. The molecule has 0 heterocycles. The van der Waals surface area contributed by atoms with E-state index in [4.69, 9.17) is 14.2 Å². The molecule has 0 spiro atoms. The third kappa shape index (κ3) is 5.42. The molecule has 0 radical (unpaired) electrons. The number of nitrogens with one attached hydrogen (secondary N) is 2. The molecule has 0 atom stereocenters. The van der Waals surface area contributed by atoms with Crippen LogP contribution in [-0.2, 0) is 4.79 Å². The maximum atomic E-state index is 12.0. The highest BCUT2D eigenvalue weighted by Gasteiger charge is 2.10. The summed E-state index contributed by atoms with van der Waals surface area (Å²) in [4.78, 5) is 23.8. The number of ether oxygens (including phenoxy) is 3. The second-order valence-corrected chi connectivity index (χ2v) is 4.90. The van der Waals surface area contributed by atoms with E-state index in [2.05, 4.69) is 10.9 Å². The van der Waals surface area contributed by atoms with Crippen molar-refractivity contribution in [1.29, 1.82) is 0 Å². The molecular formula is C18H20N2O5. The van der Waals surface area contributed by atoms with Crippen LogP contribution in [0.25, 0.3) is 0 Å². The summed E-state index contributed by atoms with van der Waals surface area (Å²) in [6.07, 6.45) is 0. The van der Waals surface area contributed by atoms with Crippen LogP contribution in [0.3, 0.4) is 0 Å². The molecule has 2 N–H and O–H groups in total. The Morgan fingerprint density at radius 2 is 1.72 bits per heavy atom. The Morgan fingerprint density at radius 3 is 2.44 bits per heavy atom. The first-order chi connectivity index (χ1) is 12.1. The summed E-state index contributed by atoms with van der Waals surface area (Å²) in [6.45, 7) is 2.09. The van der Waals surface area contributed by atoms with E-state index < -0.39 is 11.8 Å². The minimum Gasteiger partial charge on any atom is -0.494 e. The van der Waals surface area contributed by atoms with Crippen molar-refractivity contribution in [1.82, 2.24) is 10.9 Å². The first kappa shape index (κ1) is 18.1. The predicted molar refractivity (Wildman–Crippen MR) is 91.7 cm³/mol. The molecule has 2 rings (SSSR count). The van der Waals surface area contributed by atoms with Gasteiger partial charge in [0.15, 0.2) is 18.1 Å². The van der Waals surface area contributed by atoms with Crippen molar-refractivity contribution < 1.29 is 23.8 Å². The summed E-state index contributed by atoms with van der Waals surface area (Å²) >= 11 is 0. The van der Waals surface area contributed by atoms with Crippen LogP contribution < -0.4 is 25.1 Å². The van der Waals surface area contributed by atoms with Crippen LogP contribution in [0.1, 0.15) is 17.3 Å². The normalized spacial score (nSPS) is 9.84. The molecule has 0 unspecified atom stereocenters. The minimum absolute atomic E-state index is 0.264. The Hall–Kier alpha value is -3.22. The summed E-state index contributed by atoms with van der Waals surface area (Å²) in [5.41, 5.74) is 4.99. The van der Waals surface area contributed by atoms with E-state index in [1.807, 2.05) is 6.92 Å². The van der Waals surface area contributed by atoms with Gasteiger partial charge in [-0.2, -0.15) is 0 Å². The molecule has 0 bridgehead atoms. The molecule has 2 aromatic carbocycles. The fraction of sp³-hybridized carbons (Fsp3) is 0.222. The predicted octanol–water partition coefficient (Wildman–Crippen LogP) is 1.93. The number of amides is 2. The zero-order valence-electron chi connectivity index (χ0n) is 14.1. The Bertz CT molecular complexity index is 733. The molecule has 7 heteroatoms. The van der Waals surface area contributed by atoms with Gasteiger partial charge in [-0.25, -0.2) is 0 Å². The first-order valence-electron chi connectivity index (χ1n) is 7.72. The van der Waals surface area contributed by atoms with Crippen molar-refractivity contribution in [3.63, 3.8) is 0 Å². The number of hydrogen-bond acceptors (Lipinski definition) is 5.